The van der Waals surface area contributed by atoms with E-state index in [1.165, 1.54) is 5.56 Å². The van der Waals surface area contributed by atoms with Gasteiger partial charge in [-0.25, -0.2) is 0 Å². The minimum atomic E-state index is -0.0282. The third-order valence-electron chi connectivity index (χ3n) is 2.27. The van der Waals surface area contributed by atoms with Gasteiger partial charge in [-0.2, -0.15) is 0 Å². The smallest absolute Gasteiger partial charge is 0.247 e. The summed E-state index contributed by atoms with van der Waals surface area (Å²) in [5.41, 5.74) is 2.27. The molecule has 0 aliphatic carbocycles. The lowest BCUT2D eigenvalue weighted by molar-refractivity contribution is -0.117. The molecule has 1 N–H and O–H groups in total. The van der Waals surface area contributed by atoms with Gasteiger partial charge in [0, 0.05) is 5.56 Å². The van der Waals surface area contributed by atoms with Gasteiger partial charge in [0.1, 0.15) is 12.4 Å². The number of aliphatic imine (C=N–C) groups is 1. The number of carbonyl (C=O) groups excluding carboxylic acids is 1. The minimum absolute atomic E-state index is 0.0282. The molecule has 1 aliphatic rings. The number of rotatable bonds is 2. The molecule has 2 rings (SSSR count). The van der Waals surface area contributed by atoms with Crippen LogP contribution in [-0.2, 0) is 11.2 Å². The molecule has 3 heteroatoms. The van der Waals surface area contributed by atoms with E-state index < -0.39 is 0 Å². The van der Waals surface area contributed by atoms with Crippen LogP contribution in [0.15, 0.2) is 29.3 Å². The molecule has 14 heavy (non-hydrogen) atoms. The summed E-state index contributed by atoms with van der Waals surface area (Å²) in [6, 6.07) is 8.09. The van der Waals surface area contributed by atoms with Gasteiger partial charge in [0.05, 0.1) is 0 Å². The molecule has 0 spiro atoms. The van der Waals surface area contributed by atoms with E-state index in [0.29, 0.717) is 5.84 Å². The molecule has 1 amide bonds. The summed E-state index contributed by atoms with van der Waals surface area (Å²) in [4.78, 5) is 15.0. The number of benzene rings is 1. The fourth-order valence-corrected chi connectivity index (χ4v) is 1.42. The summed E-state index contributed by atoms with van der Waals surface area (Å²) >= 11 is 0. The fraction of sp³-hybridized carbons (Fsp3) is 0.273. The quantitative estimate of drug-likeness (QED) is 0.742. The van der Waals surface area contributed by atoms with Crippen molar-refractivity contribution in [2.75, 3.05) is 6.54 Å². The molecule has 0 unspecified atom stereocenters. The zero-order valence-corrected chi connectivity index (χ0v) is 8.08. The van der Waals surface area contributed by atoms with E-state index in [9.17, 15) is 4.79 Å². The average Bonchev–Trinajstić information content (AvgIpc) is 2.65. The monoisotopic (exact) mass is 188 g/mol. The molecule has 1 aliphatic heterocycles. The molecule has 1 aromatic carbocycles. The van der Waals surface area contributed by atoms with Crippen molar-refractivity contribution in [3.8, 4) is 0 Å². The lowest BCUT2D eigenvalue weighted by atomic mass is 10.1. The van der Waals surface area contributed by atoms with Crippen molar-refractivity contribution >= 4 is 11.7 Å². The molecule has 0 fully saturated rings. The van der Waals surface area contributed by atoms with E-state index in [2.05, 4.69) is 29.4 Å². The molecule has 0 aromatic heterocycles. The summed E-state index contributed by atoms with van der Waals surface area (Å²) in [5, 5.41) is 2.72. The van der Waals surface area contributed by atoms with Crippen molar-refractivity contribution in [2.45, 2.75) is 13.3 Å². The lowest BCUT2D eigenvalue weighted by Gasteiger charge is -2.02. The maximum atomic E-state index is 10.9. The Hall–Kier alpha value is -1.64. The van der Waals surface area contributed by atoms with Gasteiger partial charge < -0.3 is 5.32 Å². The maximum absolute atomic E-state index is 10.9. The fourth-order valence-electron chi connectivity index (χ4n) is 1.42. The third kappa shape index (κ3) is 1.66. The molecular formula is C11H12N2O. The molecule has 0 atom stereocenters. The predicted octanol–water partition coefficient (Wildman–Crippen LogP) is 1.13. The van der Waals surface area contributed by atoms with E-state index in [4.69, 9.17) is 0 Å². The normalized spacial score (nSPS) is 15.2. The zero-order valence-electron chi connectivity index (χ0n) is 8.08. The van der Waals surface area contributed by atoms with Crippen LogP contribution in [0, 0.1) is 0 Å². The third-order valence-corrected chi connectivity index (χ3v) is 2.27. The van der Waals surface area contributed by atoms with Gasteiger partial charge >= 0.3 is 0 Å². The van der Waals surface area contributed by atoms with Gasteiger partial charge in [-0.15, -0.1) is 0 Å². The highest BCUT2D eigenvalue weighted by Gasteiger charge is 2.14. The van der Waals surface area contributed by atoms with E-state index in [1.807, 2.05) is 12.1 Å². The van der Waals surface area contributed by atoms with Crippen LogP contribution < -0.4 is 5.32 Å². The summed E-state index contributed by atoms with van der Waals surface area (Å²) in [6.07, 6.45) is 1.03. The number of amides is 1. The second-order valence-electron chi connectivity index (χ2n) is 3.26. The molecule has 72 valence electrons. The summed E-state index contributed by atoms with van der Waals surface area (Å²) in [6.45, 7) is 2.37. The number of amidine groups is 1. The number of carbonyl (C=O) groups is 1. The van der Waals surface area contributed by atoms with Crippen molar-refractivity contribution in [1.29, 1.82) is 0 Å². The molecule has 3 nitrogen and oxygen atoms in total. The van der Waals surface area contributed by atoms with Gasteiger partial charge in [-0.05, 0) is 12.0 Å². The Bertz CT molecular complexity index is 379. The number of hydrogen-bond donors (Lipinski definition) is 1. The SMILES string of the molecule is CCc1ccc(C2=NCC(=O)N2)cc1. The number of hydrogen-bond acceptors (Lipinski definition) is 2. The van der Waals surface area contributed by atoms with Crippen LogP contribution in [0.1, 0.15) is 18.1 Å². The van der Waals surface area contributed by atoms with Crippen molar-refractivity contribution in [3.63, 3.8) is 0 Å². The highest BCUT2D eigenvalue weighted by Crippen LogP contribution is 2.07. The van der Waals surface area contributed by atoms with Gasteiger partial charge in [0.2, 0.25) is 5.91 Å². The molecule has 0 radical (unpaired) electrons. The van der Waals surface area contributed by atoms with Crippen LogP contribution in [0.3, 0.4) is 0 Å². The lowest BCUT2D eigenvalue weighted by Crippen LogP contribution is -2.25. The van der Waals surface area contributed by atoms with Gasteiger partial charge in [-0.1, -0.05) is 31.2 Å². The standard InChI is InChI=1S/C11H12N2O/c1-2-8-3-5-9(6-4-8)11-12-7-10(14)13-11/h3-6H,2,7H2,1H3,(H,12,13,14). The van der Waals surface area contributed by atoms with Crippen LogP contribution in [0.2, 0.25) is 0 Å². The van der Waals surface area contributed by atoms with Gasteiger partial charge in [-0.3, -0.25) is 9.79 Å². The summed E-state index contributed by atoms with van der Waals surface area (Å²) in [7, 11) is 0. The van der Waals surface area contributed by atoms with Gasteiger partial charge in [0.15, 0.2) is 0 Å². The molecule has 0 bridgehead atoms. The second-order valence-corrected chi connectivity index (χ2v) is 3.26. The summed E-state index contributed by atoms with van der Waals surface area (Å²) in [5.74, 6) is 0.664. The van der Waals surface area contributed by atoms with Crippen molar-refractivity contribution < 1.29 is 4.79 Å². The molecule has 1 aromatic rings. The molecule has 0 saturated carbocycles. The first-order valence-corrected chi connectivity index (χ1v) is 4.73. The minimum Gasteiger partial charge on any atom is -0.309 e. The average molecular weight is 188 g/mol. The number of aryl methyl sites for hydroxylation is 1. The molecule has 1 heterocycles. The predicted molar refractivity (Wildman–Crippen MR) is 55.4 cm³/mol. The first kappa shape index (κ1) is 8.94. The van der Waals surface area contributed by atoms with Crippen molar-refractivity contribution in [1.82, 2.24) is 5.32 Å². The van der Waals surface area contributed by atoms with Gasteiger partial charge in [0.25, 0.3) is 0 Å². The largest absolute Gasteiger partial charge is 0.309 e. The van der Waals surface area contributed by atoms with E-state index in [-0.39, 0.29) is 12.5 Å². The van der Waals surface area contributed by atoms with E-state index in [1.54, 1.807) is 0 Å². The van der Waals surface area contributed by atoms with Crippen LogP contribution in [0.5, 0.6) is 0 Å². The zero-order chi connectivity index (χ0) is 9.97. The van der Waals surface area contributed by atoms with E-state index >= 15 is 0 Å². The Kier molecular flexibility index (Phi) is 2.31. The highest BCUT2D eigenvalue weighted by atomic mass is 16.2. The number of nitrogens with zero attached hydrogens (tertiary/aromatic N) is 1. The Morgan fingerprint density at radius 3 is 2.57 bits per heavy atom. The van der Waals surface area contributed by atoms with Crippen LogP contribution in [0.4, 0.5) is 0 Å². The first-order valence-electron chi connectivity index (χ1n) is 4.73. The van der Waals surface area contributed by atoms with Crippen molar-refractivity contribution in [2.24, 2.45) is 4.99 Å². The Balaban J connectivity index is 2.21. The highest BCUT2D eigenvalue weighted by molar-refractivity contribution is 6.12. The number of nitrogens with one attached hydrogen (secondary N) is 1. The summed E-state index contributed by atoms with van der Waals surface area (Å²) < 4.78 is 0. The Morgan fingerprint density at radius 1 is 1.36 bits per heavy atom. The first-order chi connectivity index (χ1) is 6.79. The molecular weight excluding hydrogens is 176 g/mol. The van der Waals surface area contributed by atoms with Crippen LogP contribution in [-0.4, -0.2) is 18.3 Å². The van der Waals surface area contributed by atoms with E-state index in [0.717, 1.165) is 12.0 Å². The van der Waals surface area contributed by atoms with Crippen LogP contribution in [0.25, 0.3) is 0 Å². The second kappa shape index (κ2) is 3.62. The van der Waals surface area contributed by atoms with Crippen molar-refractivity contribution in [3.05, 3.63) is 35.4 Å². The topological polar surface area (TPSA) is 41.5 Å². The Morgan fingerprint density at radius 2 is 2.07 bits per heavy atom. The van der Waals surface area contributed by atoms with Crippen LogP contribution >= 0.6 is 0 Å². The Labute approximate surface area is 82.9 Å². The molecule has 0 saturated heterocycles. The maximum Gasteiger partial charge on any atom is 0.247 e.